The van der Waals surface area contributed by atoms with Gasteiger partial charge in [0.15, 0.2) is 0 Å². The van der Waals surface area contributed by atoms with Crippen LogP contribution >= 0.6 is 22.7 Å². The Balaban J connectivity index is 1.37. The largest absolute Gasteiger partial charge is 0.296 e. The van der Waals surface area contributed by atoms with Crippen molar-refractivity contribution in [3.05, 3.63) is 33.2 Å². The standard InChI is InChI=1S/C16H22N4S2/c1-2-16(12-19(6-1)10-14-17-4-8-21-14)3-7-20(13-16)11-15-18-5-9-22-15/h4-5,8-9H,1-3,6-7,10-13H2/t16-/m0/s1. The Kier molecular flexibility index (Phi) is 4.26. The third-order valence-corrected chi connectivity index (χ3v) is 6.47. The summed E-state index contributed by atoms with van der Waals surface area (Å²) < 4.78 is 0. The van der Waals surface area contributed by atoms with Crippen molar-refractivity contribution in [2.24, 2.45) is 5.41 Å². The van der Waals surface area contributed by atoms with Crippen molar-refractivity contribution in [3.63, 3.8) is 0 Å². The van der Waals surface area contributed by atoms with Gasteiger partial charge in [0, 0.05) is 36.2 Å². The SMILES string of the molecule is c1csc(CN2CCC[C@]3(CCN(Cc4nccs4)C3)C2)n1. The molecule has 2 fully saturated rings. The smallest absolute Gasteiger partial charge is 0.107 e. The van der Waals surface area contributed by atoms with Crippen molar-refractivity contribution in [2.75, 3.05) is 26.2 Å². The van der Waals surface area contributed by atoms with E-state index >= 15 is 0 Å². The molecule has 6 heteroatoms. The van der Waals surface area contributed by atoms with Gasteiger partial charge < -0.3 is 0 Å². The summed E-state index contributed by atoms with van der Waals surface area (Å²) in [4.78, 5) is 14.1. The van der Waals surface area contributed by atoms with Crippen molar-refractivity contribution in [1.29, 1.82) is 0 Å². The number of likely N-dealkylation sites (tertiary alicyclic amines) is 2. The molecule has 118 valence electrons. The molecule has 0 radical (unpaired) electrons. The van der Waals surface area contributed by atoms with Gasteiger partial charge in [-0.05, 0) is 37.8 Å². The van der Waals surface area contributed by atoms with Gasteiger partial charge in [-0.25, -0.2) is 9.97 Å². The Hall–Kier alpha value is -0.820. The molecule has 0 unspecified atom stereocenters. The van der Waals surface area contributed by atoms with Crippen molar-refractivity contribution >= 4 is 22.7 Å². The van der Waals surface area contributed by atoms with Crippen LogP contribution in [0.3, 0.4) is 0 Å². The molecule has 22 heavy (non-hydrogen) atoms. The lowest BCUT2D eigenvalue weighted by molar-refractivity contribution is 0.0865. The molecule has 1 atom stereocenters. The molecule has 2 aromatic rings. The van der Waals surface area contributed by atoms with E-state index < -0.39 is 0 Å². The van der Waals surface area contributed by atoms with E-state index in [1.165, 1.54) is 55.5 Å². The molecule has 2 aliphatic rings. The first-order valence-electron chi connectivity index (χ1n) is 8.03. The lowest BCUT2D eigenvalue weighted by Gasteiger charge is -2.40. The van der Waals surface area contributed by atoms with Gasteiger partial charge in [-0.1, -0.05) is 0 Å². The molecule has 0 N–H and O–H groups in total. The molecule has 4 heterocycles. The van der Waals surface area contributed by atoms with E-state index in [0.29, 0.717) is 5.41 Å². The van der Waals surface area contributed by atoms with Gasteiger partial charge in [0.25, 0.3) is 0 Å². The number of thiazole rings is 2. The number of hydrogen-bond donors (Lipinski definition) is 0. The Bertz CT molecular complexity index is 583. The molecular formula is C16H22N4S2. The van der Waals surface area contributed by atoms with Gasteiger partial charge in [-0.15, -0.1) is 22.7 Å². The maximum Gasteiger partial charge on any atom is 0.107 e. The summed E-state index contributed by atoms with van der Waals surface area (Å²) in [6, 6.07) is 0. The zero-order chi connectivity index (χ0) is 14.8. The van der Waals surface area contributed by atoms with Crippen LogP contribution in [-0.4, -0.2) is 45.9 Å². The average molecular weight is 335 g/mol. The second kappa shape index (κ2) is 6.35. The number of aromatic nitrogens is 2. The van der Waals surface area contributed by atoms with E-state index in [9.17, 15) is 0 Å². The summed E-state index contributed by atoms with van der Waals surface area (Å²) >= 11 is 3.56. The molecule has 0 amide bonds. The summed E-state index contributed by atoms with van der Waals surface area (Å²) in [7, 11) is 0. The molecule has 4 rings (SSSR count). The topological polar surface area (TPSA) is 32.3 Å². The fourth-order valence-electron chi connectivity index (χ4n) is 3.99. The highest BCUT2D eigenvalue weighted by atomic mass is 32.1. The molecule has 0 aliphatic carbocycles. The fourth-order valence-corrected chi connectivity index (χ4v) is 5.30. The highest BCUT2D eigenvalue weighted by Gasteiger charge is 2.41. The molecule has 4 nitrogen and oxygen atoms in total. The average Bonchev–Trinajstić information content (AvgIpc) is 3.24. The lowest BCUT2D eigenvalue weighted by Crippen LogP contribution is -2.44. The molecule has 2 aromatic heterocycles. The first-order valence-corrected chi connectivity index (χ1v) is 9.79. The molecular weight excluding hydrogens is 312 g/mol. The van der Waals surface area contributed by atoms with Gasteiger partial charge in [-0.2, -0.15) is 0 Å². The van der Waals surface area contributed by atoms with Crippen LogP contribution in [0.15, 0.2) is 23.2 Å². The molecule has 0 bridgehead atoms. The van der Waals surface area contributed by atoms with Crippen molar-refractivity contribution < 1.29 is 0 Å². The third-order valence-electron chi connectivity index (χ3n) is 4.94. The summed E-state index contributed by atoms with van der Waals surface area (Å²) in [5.74, 6) is 0. The minimum atomic E-state index is 0.507. The van der Waals surface area contributed by atoms with E-state index in [2.05, 4.69) is 30.5 Å². The quantitative estimate of drug-likeness (QED) is 0.860. The first kappa shape index (κ1) is 14.8. The van der Waals surface area contributed by atoms with E-state index in [0.717, 1.165) is 13.1 Å². The molecule has 2 aliphatic heterocycles. The van der Waals surface area contributed by atoms with Crippen molar-refractivity contribution in [3.8, 4) is 0 Å². The Labute approximate surface area is 139 Å². The maximum absolute atomic E-state index is 4.45. The van der Waals surface area contributed by atoms with E-state index in [4.69, 9.17) is 0 Å². The predicted octanol–water partition coefficient (Wildman–Crippen LogP) is 3.09. The highest BCUT2D eigenvalue weighted by Crippen LogP contribution is 2.39. The van der Waals surface area contributed by atoms with E-state index in [-0.39, 0.29) is 0 Å². The number of piperidine rings is 1. The van der Waals surface area contributed by atoms with Crippen LogP contribution in [-0.2, 0) is 13.1 Å². The lowest BCUT2D eigenvalue weighted by atomic mass is 9.79. The van der Waals surface area contributed by atoms with Crippen molar-refractivity contribution in [1.82, 2.24) is 19.8 Å². The van der Waals surface area contributed by atoms with Gasteiger partial charge in [0.2, 0.25) is 0 Å². The Morgan fingerprint density at radius 2 is 1.55 bits per heavy atom. The third kappa shape index (κ3) is 3.25. The van der Waals surface area contributed by atoms with Gasteiger partial charge >= 0.3 is 0 Å². The first-order chi connectivity index (χ1) is 10.8. The van der Waals surface area contributed by atoms with E-state index in [1.807, 2.05) is 12.4 Å². The summed E-state index contributed by atoms with van der Waals surface area (Å²) in [5.41, 5.74) is 0.507. The Morgan fingerprint density at radius 3 is 2.14 bits per heavy atom. The minimum Gasteiger partial charge on any atom is -0.296 e. The van der Waals surface area contributed by atoms with Crippen LogP contribution in [0.5, 0.6) is 0 Å². The van der Waals surface area contributed by atoms with Crippen LogP contribution in [0.25, 0.3) is 0 Å². The minimum absolute atomic E-state index is 0.507. The van der Waals surface area contributed by atoms with Crippen LogP contribution in [0.1, 0.15) is 29.3 Å². The zero-order valence-corrected chi connectivity index (χ0v) is 14.4. The summed E-state index contributed by atoms with van der Waals surface area (Å²) in [6.07, 6.45) is 7.90. The molecule has 0 aromatic carbocycles. The Morgan fingerprint density at radius 1 is 0.909 bits per heavy atom. The fraction of sp³-hybridized carbons (Fsp3) is 0.625. The van der Waals surface area contributed by atoms with Gasteiger partial charge in [0.05, 0.1) is 13.1 Å². The maximum atomic E-state index is 4.45. The molecule has 2 saturated heterocycles. The summed E-state index contributed by atoms with van der Waals surface area (Å²) in [6.45, 7) is 7.00. The van der Waals surface area contributed by atoms with Crippen molar-refractivity contribution in [2.45, 2.75) is 32.4 Å². The van der Waals surface area contributed by atoms with Gasteiger partial charge in [0.1, 0.15) is 10.0 Å². The number of rotatable bonds is 4. The second-order valence-corrected chi connectivity index (χ2v) is 8.58. The number of nitrogens with zero attached hydrogens (tertiary/aromatic N) is 4. The molecule has 0 saturated carbocycles. The normalized spacial score (nSPS) is 26.9. The van der Waals surface area contributed by atoms with Crippen LogP contribution in [0, 0.1) is 5.41 Å². The number of hydrogen-bond acceptors (Lipinski definition) is 6. The van der Waals surface area contributed by atoms with Crippen LogP contribution in [0.4, 0.5) is 0 Å². The van der Waals surface area contributed by atoms with Crippen LogP contribution in [0.2, 0.25) is 0 Å². The van der Waals surface area contributed by atoms with Crippen LogP contribution < -0.4 is 0 Å². The highest BCUT2D eigenvalue weighted by molar-refractivity contribution is 7.09. The predicted molar refractivity (Wildman–Crippen MR) is 91.1 cm³/mol. The second-order valence-electron chi connectivity index (χ2n) is 6.63. The van der Waals surface area contributed by atoms with Gasteiger partial charge in [-0.3, -0.25) is 9.80 Å². The molecule has 1 spiro atoms. The summed E-state index contributed by atoms with van der Waals surface area (Å²) in [5, 5.41) is 6.68. The van der Waals surface area contributed by atoms with E-state index in [1.54, 1.807) is 22.7 Å². The monoisotopic (exact) mass is 334 g/mol. The zero-order valence-electron chi connectivity index (χ0n) is 12.8.